The minimum atomic E-state index is -0.263. The van der Waals surface area contributed by atoms with Crippen LogP contribution in [-0.4, -0.2) is 47.2 Å². The van der Waals surface area contributed by atoms with Crippen LogP contribution >= 0.6 is 11.3 Å². The predicted octanol–water partition coefficient (Wildman–Crippen LogP) is 2.58. The van der Waals surface area contributed by atoms with Crippen molar-refractivity contribution in [1.29, 1.82) is 0 Å². The van der Waals surface area contributed by atoms with Gasteiger partial charge in [-0.05, 0) is 51.6 Å². The van der Waals surface area contributed by atoms with Gasteiger partial charge in [0.2, 0.25) is 0 Å². The summed E-state index contributed by atoms with van der Waals surface area (Å²) in [4.78, 5) is 11.1. The van der Waals surface area contributed by atoms with Crippen molar-refractivity contribution >= 4 is 16.5 Å². The van der Waals surface area contributed by atoms with E-state index in [4.69, 9.17) is 4.98 Å². The third-order valence-electron chi connectivity index (χ3n) is 5.25. The molecule has 1 aromatic heterocycles. The van der Waals surface area contributed by atoms with E-state index in [1.54, 1.807) is 11.3 Å². The third-order valence-corrected chi connectivity index (χ3v) is 6.51. The fourth-order valence-electron chi connectivity index (χ4n) is 4.02. The molecule has 21 heavy (non-hydrogen) atoms. The quantitative estimate of drug-likeness (QED) is 0.911. The van der Waals surface area contributed by atoms with Gasteiger partial charge in [0.15, 0.2) is 5.13 Å². The second-order valence-electron chi connectivity index (χ2n) is 6.70. The minimum absolute atomic E-state index is 0.263. The first kappa shape index (κ1) is 14.0. The number of aliphatic hydroxyl groups excluding tert-OH is 1. The van der Waals surface area contributed by atoms with Crippen LogP contribution < -0.4 is 4.90 Å². The molecule has 1 N–H and O–H groups in total. The maximum atomic E-state index is 10.1. The summed E-state index contributed by atoms with van der Waals surface area (Å²) in [5, 5.41) is 11.3. The van der Waals surface area contributed by atoms with Gasteiger partial charge in [-0.2, -0.15) is 0 Å². The molecular weight excluding hydrogens is 282 g/mol. The van der Waals surface area contributed by atoms with Gasteiger partial charge in [-0.1, -0.05) is 17.8 Å². The molecule has 116 valence electrons. The number of anilines is 1. The number of thiazole rings is 1. The second-order valence-corrected chi connectivity index (χ2v) is 7.71. The Balaban J connectivity index is 1.45. The van der Waals surface area contributed by atoms with Crippen molar-refractivity contribution in [3.05, 3.63) is 10.6 Å². The molecule has 1 aromatic rings. The van der Waals surface area contributed by atoms with Gasteiger partial charge in [0.05, 0.1) is 16.7 Å². The van der Waals surface area contributed by atoms with E-state index in [0.717, 1.165) is 54.1 Å². The van der Waals surface area contributed by atoms with E-state index in [1.165, 1.54) is 38.8 Å². The summed E-state index contributed by atoms with van der Waals surface area (Å²) < 4.78 is 0. The molecule has 0 aromatic carbocycles. The van der Waals surface area contributed by atoms with Crippen LogP contribution in [0.4, 0.5) is 5.13 Å². The number of piperidine rings is 1. The maximum Gasteiger partial charge on any atom is 0.185 e. The van der Waals surface area contributed by atoms with E-state index >= 15 is 0 Å². The Morgan fingerprint density at radius 3 is 2.71 bits per heavy atom. The van der Waals surface area contributed by atoms with Crippen LogP contribution in [-0.2, 0) is 6.42 Å². The van der Waals surface area contributed by atoms with Gasteiger partial charge in [-0.15, -0.1) is 0 Å². The Hall–Kier alpha value is -0.650. The molecule has 2 aliphatic heterocycles. The Morgan fingerprint density at radius 1 is 1.05 bits per heavy atom. The van der Waals surface area contributed by atoms with E-state index < -0.39 is 0 Å². The maximum absolute atomic E-state index is 10.1. The smallest absolute Gasteiger partial charge is 0.185 e. The van der Waals surface area contributed by atoms with Crippen LogP contribution in [0.2, 0.25) is 0 Å². The molecule has 0 saturated carbocycles. The number of aromatic nitrogens is 1. The lowest BCUT2D eigenvalue weighted by Gasteiger charge is -2.32. The molecule has 0 radical (unpaired) electrons. The molecule has 5 heteroatoms. The Kier molecular flexibility index (Phi) is 3.90. The highest BCUT2D eigenvalue weighted by Gasteiger charge is 2.31. The molecule has 0 amide bonds. The molecule has 4 nitrogen and oxygen atoms in total. The molecule has 2 atom stereocenters. The van der Waals surface area contributed by atoms with Gasteiger partial charge in [-0.25, -0.2) is 4.98 Å². The Labute approximate surface area is 130 Å². The fraction of sp³-hybridized carbons (Fsp3) is 0.812. The largest absolute Gasteiger partial charge is 0.388 e. The molecule has 3 aliphatic rings. The van der Waals surface area contributed by atoms with E-state index in [0.29, 0.717) is 0 Å². The first-order valence-corrected chi connectivity index (χ1v) is 9.29. The zero-order chi connectivity index (χ0) is 14.2. The van der Waals surface area contributed by atoms with Gasteiger partial charge in [-0.3, -0.25) is 4.90 Å². The lowest BCUT2D eigenvalue weighted by molar-refractivity contribution is 0.160. The second kappa shape index (κ2) is 5.86. The zero-order valence-electron chi connectivity index (χ0n) is 12.6. The third kappa shape index (κ3) is 2.71. The summed E-state index contributed by atoms with van der Waals surface area (Å²) >= 11 is 1.74. The Morgan fingerprint density at radius 2 is 1.90 bits per heavy atom. The molecule has 4 rings (SSSR count). The number of hydrogen-bond acceptors (Lipinski definition) is 5. The molecule has 1 aliphatic carbocycles. The first-order chi connectivity index (χ1) is 10.3. The van der Waals surface area contributed by atoms with Crippen molar-refractivity contribution in [2.24, 2.45) is 0 Å². The molecule has 3 heterocycles. The highest BCUT2D eigenvalue weighted by Crippen LogP contribution is 2.38. The minimum Gasteiger partial charge on any atom is -0.388 e. The SMILES string of the molecule is OC1CCCc2nc(N3CCC(N4CCCCC4)C3)sc21. The van der Waals surface area contributed by atoms with Gasteiger partial charge in [0.25, 0.3) is 0 Å². The Bertz CT molecular complexity index is 498. The number of fused-ring (bicyclic) bond motifs is 1. The molecule has 0 bridgehead atoms. The number of aryl methyl sites for hydroxylation is 1. The lowest BCUT2D eigenvalue weighted by atomic mass is 10.0. The first-order valence-electron chi connectivity index (χ1n) is 8.48. The zero-order valence-corrected chi connectivity index (χ0v) is 13.4. The number of aliphatic hydroxyl groups is 1. The fourth-order valence-corrected chi connectivity index (χ4v) is 5.18. The summed E-state index contributed by atoms with van der Waals surface area (Å²) in [7, 11) is 0. The number of nitrogens with zero attached hydrogens (tertiary/aromatic N) is 3. The molecule has 2 fully saturated rings. The van der Waals surface area contributed by atoms with E-state index in [1.807, 2.05) is 0 Å². The van der Waals surface area contributed by atoms with E-state index in [9.17, 15) is 5.11 Å². The summed E-state index contributed by atoms with van der Waals surface area (Å²) in [5.74, 6) is 0. The van der Waals surface area contributed by atoms with Crippen molar-refractivity contribution in [3.63, 3.8) is 0 Å². The number of likely N-dealkylation sites (tertiary alicyclic amines) is 1. The van der Waals surface area contributed by atoms with E-state index in [-0.39, 0.29) is 6.10 Å². The van der Waals surface area contributed by atoms with Crippen molar-refractivity contribution < 1.29 is 5.11 Å². The average Bonchev–Trinajstić information content (AvgIpc) is 3.15. The molecule has 0 spiro atoms. The topological polar surface area (TPSA) is 39.6 Å². The van der Waals surface area contributed by atoms with Crippen LogP contribution in [0, 0.1) is 0 Å². The predicted molar refractivity (Wildman–Crippen MR) is 86.1 cm³/mol. The van der Waals surface area contributed by atoms with Crippen LogP contribution in [0.25, 0.3) is 0 Å². The van der Waals surface area contributed by atoms with Crippen molar-refractivity contribution in [3.8, 4) is 0 Å². The summed E-state index contributed by atoms with van der Waals surface area (Å²) in [6.45, 7) is 4.82. The highest BCUT2D eigenvalue weighted by molar-refractivity contribution is 7.15. The van der Waals surface area contributed by atoms with Crippen LogP contribution in [0.1, 0.15) is 55.2 Å². The summed E-state index contributed by atoms with van der Waals surface area (Å²) in [6, 6.07) is 0.719. The van der Waals surface area contributed by atoms with Crippen molar-refractivity contribution in [2.75, 3.05) is 31.1 Å². The monoisotopic (exact) mass is 307 g/mol. The summed E-state index contributed by atoms with van der Waals surface area (Å²) in [6.07, 6.45) is 8.19. The van der Waals surface area contributed by atoms with Crippen molar-refractivity contribution in [1.82, 2.24) is 9.88 Å². The molecule has 2 saturated heterocycles. The highest BCUT2D eigenvalue weighted by atomic mass is 32.1. The van der Waals surface area contributed by atoms with Gasteiger partial charge >= 0.3 is 0 Å². The van der Waals surface area contributed by atoms with Crippen LogP contribution in [0.5, 0.6) is 0 Å². The number of hydrogen-bond donors (Lipinski definition) is 1. The van der Waals surface area contributed by atoms with Gasteiger partial charge in [0, 0.05) is 19.1 Å². The summed E-state index contributed by atoms with van der Waals surface area (Å²) in [5.41, 5.74) is 1.16. The average molecular weight is 307 g/mol. The van der Waals surface area contributed by atoms with Crippen LogP contribution in [0.15, 0.2) is 0 Å². The lowest BCUT2D eigenvalue weighted by Crippen LogP contribution is -2.40. The van der Waals surface area contributed by atoms with Gasteiger partial charge in [0.1, 0.15) is 0 Å². The number of rotatable bonds is 2. The molecule has 2 unspecified atom stereocenters. The van der Waals surface area contributed by atoms with Crippen molar-refractivity contribution in [2.45, 2.75) is 57.1 Å². The molecular formula is C16H25N3OS. The van der Waals surface area contributed by atoms with Gasteiger partial charge < -0.3 is 10.0 Å². The van der Waals surface area contributed by atoms with Crippen LogP contribution in [0.3, 0.4) is 0 Å². The normalized spacial score (nSPS) is 30.6. The standard InChI is InChI=1S/C16H25N3OS/c20-14-6-4-5-13-15(14)21-16(17-13)19-10-7-12(11-19)18-8-2-1-3-9-18/h12,14,20H,1-11H2. The van der Waals surface area contributed by atoms with E-state index in [2.05, 4.69) is 9.80 Å².